The first-order valence-electron chi connectivity index (χ1n) is 14.2. The number of rotatable bonds is 8. The van der Waals surface area contributed by atoms with Crippen LogP contribution in [0.15, 0.2) is 54.6 Å². The molecule has 3 fully saturated rings. The van der Waals surface area contributed by atoms with Gasteiger partial charge in [-0.05, 0) is 95.1 Å². The SMILES string of the molecule is CCC(C)(c1ccc(OC)cc1)N1CC2(CCC(c3ccccc3)(N(C)C)CC2)N(CC2CCC2)C1=O. The molecule has 5 rings (SSSR count). The van der Waals surface area contributed by atoms with Crippen LogP contribution in [0.5, 0.6) is 5.75 Å². The fourth-order valence-corrected chi connectivity index (χ4v) is 7.19. The first-order chi connectivity index (χ1) is 17.8. The summed E-state index contributed by atoms with van der Waals surface area (Å²) in [7, 11) is 6.15. The Bertz CT molecular complexity index is 1070. The summed E-state index contributed by atoms with van der Waals surface area (Å²) in [5.74, 6) is 1.51. The number of urea groups is 1. The summed E-state index contributed by atoms with van der Waals surface area (Å²) in [4.78, 5) is 21.3. The van der Waals surface area contributed by atoms with E-state index in [0.29, 0.717) is 5.92 Å². The molecule has 2 aromatic rings. The standard InChI is InChI=1S/C32H45N3O2/c1-6-30(2,26-15-17-28(37-5)18-16-26)35-24-31(34(29(35)36)23-25-11-10-12-25)19-21-32(22-20-31,33(3)4)27-13-8-7-9-14-27/h7-9,13-18,25H,6,10-12,19-24H2,1-5H3. The van der Waals surface area contributed by atoms with Crippen LogP contribution in [0, 0.1) is 5.92 Å². The topological polar surface area (TPSA) is 36.0 Å². The number of hydrogen-bond acceptors (Lipinski definition) is 3. The van der Waals surface area contributed by atoms with E-state index >= 15 is 0 Å². The number of methoxy groups -OCH3 is 1. The van der Waals surface area contributed by atoms with Gasteiger partial charge in [0.05, 0.1) is 18.2 Å². The normalized spacial score (nSPS) is 28.0. The Labute approximate surface area is 223 Å². The van der Waals surface area contributed by atoms with E-state index in [1.807, 2.05) is 12.1 Å². The molecule has 0 aromatic heterocycles. The molecule has 2 aromatic carbocycles. The molecule has 1 heterocycles. The molecule has 1 saturated heterocycles. The van der Waals surface area contributed by atoms with Crippen LogP contribution in [0.3, 0.4) is 0 Å². The molecule has 5 nitrogen and oxygen atoms in total. The monoisotopic (exact) mass is 503 g/mol. The molecule has 1 aliphatic heterocycles. The van der Waals surface area contributed by atoms with Crippen molar-refractivity contribution in [1.29, 1.82) is 0 Å². The Morgan fingerprint density at radius 1 is 1.00 bits per heavy atom. The van der Waals surface area contributed by atoms with E-state index in [9.17, 15) is 4.79 Å². The van der Waals surface area contributed by atoms with E-state index in [1.165, 1.54) is 30.4 Å². The van der Waals surface area contributed by atoms with Crippen molar-refractivity contribution in [3.63, 3.8) is 0 Å². The summed E-state index contributed by atoms with van der Waals surface area (Å²) in [6, 6.07) is 19.6. The van der Waals surface area contributed by atoms with E-state index in [-0.39, 0.29) is 22.6 Å². The van der Waals surface area contributed by atoms with Gasteiger partial charge in [0.15, 0.2) is 0 Å². The highest BCUT2D eigenvalue weighted by Gasteiger charge is 2.57. The van der Waals surface area contributed by atoms with E-state index in [2.05, 4.69) is 85.1 Å². The highest BCUT2D eigenvalue weighted by Crippen LogP contribution is 2.51. The molecule has 3 aliphatic rings. The number of carbonyl (C=O) groups excluding carboxylic acids is 1. The van der Waals surface area contributed by atoms with Gasteiger partial charge >= 0.3 is 6.03 Å². The molecular formula is C32H45N3O2. The third-order valence-electron chi connectivity index (χ3n) is 10.3. The van der Waals surface area contributed by atoms with Gasteiger partial charge in [0.2, 0.25) is 0 Å². The van der Waals surface area contributed by atoms with Crippen LogP contribution >= 0.6 is 0 Å². The highest BCUT2D eigenvalue weighted by atomic mass is 16.5. The molecule has 2 saturated carbocycles. The summed E-state index contributed by atoms with van der Waals surface area (Å²) < 4.78 is 5.41. The molecule has 1 atom stereocenters. The van der Waals surface area contributed by atoms with Gasteiger partial charge in [0, 0.05) is 18.6 Å². The Balaban J connectivity index is 1.47. The maximum absolute atomic E-state index is 14.3. The Kier molecular flexibility index (Phi) is 7.04. The molecule has 200 valence electrons. The fraction of sp³-hybridized carbons (Fsp3) is 0.594. The lowest BCUT2D eigenvalue weighted by atomic mass is 9.68. The van der Waals surface area contributed by atoms with Crippen molar-refractivity contribution in [3.05, 3.63) is 65.7 Å². The summed E-state index contributed by atoms with van der Waals surface area (Å²) in [6.45, 7) is 6.20. The van der Waals surface area contributed by atoms with Crippen molar-refractivity contribution in [1.82, 2.24) is 14.7 Å². The minimum Gasteiger partial charge on any atom is -0.497 e. The Hall–Kier alpha value is -2.53. The second kappa shape index (κ2) is 9.98. The van der Waals surface area contributed by atoms with E-state index in [4.69, 9.17) is 4.74 Å². The van der Waals surface area contributed by atoms with Crippen LogP contribution in [0.4, 0.5) is 4.79 Å². The predicted octanol–water partition coefficient (Wildman–Crippen LogP) is 6.63. The smallest absolute Gasteiger partial charge is 0.321 e. The zero-order valence-electron chi connectivity index (χ0n) is 23.5. The quantitative estimate of drug-likeness (QED) is 0.406. The van der Waals surface area contributed by atoms with Crippen LogP contribution in [0.25, 0.3) is 0 Å². The first kappa shape index (κ1) is 26.1. The van der Waals surface area contributed by atoms with E-state index in [1.54, 1.807) is 7.11 Å². The molecule has 1 spiro atoms. The summed E-state index contributed by atoms with van der Waals surface area (Å²) >= 11 is 0. The number of hydrogen-bond donors (Lipinski definition) is 0. The Morgan fingerprint density at radius 2 is 1.65 bits per heavy atom. The summed E-state index contributed by atoms with van der Waals surface area (Å²) in [5.41, 5.74) is 2.17. The van der Waals surface area contributed by atoms with Gasteiger partial charge in [0.25, 0.3) is 0 Å². The van der Waals surface area contributed by atoms with Crippen molar-refractivity contribution in [2.75, 3.05) is 34.3 Å². The Morgan fingerprint density at radius 3 is 2.16 bits per heavy atom. The van der Waals surface area contributed by atoms with Crippen molar-refractivity contribution in [3.8, 4) is 5.75 Å². The number of nitrogens with zero attached hydrogens (tertiary/aromatic N) is 3. The molecule has 5 heteroatoms. The van der Waals surface area contributed by atoms with Gasteiger partial charge in [0.1, 0.15) is 5.75 Å². The maximum Gasteiger partial charge on any atom is 0.321 e. The lowest BCUT2D eigenvalue weighted by Gasteiger charge is -2.51. The second-order valence-corrected chi connectivity index (χ2v) is 12.1. The summed E-state index contributed by atoms with van der Waals surface area (Å²) in [5, 5.41) is 0. The zero-order valence-corrected chi connectivity index (χ0v) is 23.5. The number of ether oxygens (including phenoxy) is 1. The molecule has 0 radical (unpaired) electrons. The largest absolute Gasteiger partial charge is 0.497 e. The molecule has 0 bridgehead atoms. The van der Waals surface area contributed by atoms with Crippen molar-refractivity contribution >= 4 is 6.03 Å². The fourth-order valence-electron chi connectivity index (χ4n) is 7.19. The minimum atomic E-state index is -0.347. The third kappa shape index (κ3) is 4.33. The maximum atomic E-state index is 14.3. The van der Waals surface area contributed by atoms with Crippen LogP contribution in [-0.2, 0) is 11.1 Å². The van der Waals surface area contributed by atoms with Gasteiger partial charge in [-0.15, -0.1) is 0 Å². The molecular weight excluding hydrogens is 458 g/mol. The van der Waals surface area contributed by atoms with Crippen LogP contribution in [-0.4, -0.2) is 60.6 Å². The van der Waals surface area contributed by atoms with Gasteiger partial charge in [-0.1, -0.05) is 55.8 Å². The summed E-state index contributed by atoms with van der Waals surface area (Å²) in [6.07, 6.45) is 8.91. The van der Waals surface area contributed by atoms with E-state index in [0.717, 1.165) is 50.9 Å². The average Bonchev–Trinajstić information content (AvgIpc) is 3.17. The minimum absolute atomic E-state index is 0.0230. The van der Waals surface area contributed by atoms with E-state index < -0.39 is 0 Å². The molecule has 0 N–H and O–H groups in total. The van der Waals surface area contributed by atoms with Crippen LogP contribution < -0.4 is 4.74 Å². The van der Waals surface area contributed by atoms with Crippen LogP contribution in [0.1, 0.15) is 76.3 Å². The van der Waals surface area contributed by atoms with Gasteiger partial charge in [-0.3, -0.25) is 4.90 Å². The molecule has 2 amide bonds. The van der Waals surface area contributed by atoms with Crippen LogP contribution in [0.2, 0.25) is 0 Å². The average molecular weight is 504 g/mol. The third-order valence-corrected chi connectivity index (χ3v) is 10.3. The van der Waals surface area contributed by atoms with Gasteiger partial charge < -0.3 is 14.5 Å². The molecule has 1 unspecified atom stereocenters. The number of benzene rings is 2. The second-order valence-electron chi connectivity index (χ2n) is 12.1. The van der Waals surface area contributed by atoms with Gasteiger partial charge in [-0.25, -0.2) is 4.79 Å². The highest BCUT2D eigenvalue weighted by molar-refractivity contribution is 5.79. The zero-order chi connectivity index (χ0) is 26.3. The van der Waals surface area contributed by atoms with Gasteiger partial charge in [-0.2, -0.15) is 0 Å². The number of carbonyl (C=O) groups is 1. The molecule has 37 heavy (non-hydrogen) atoms. The number of amides is 2. The molecule has 2 aliphatic carbocycles. The lowest BCUT2D eigenvalue weighted by Crippen LogP contribution is -2.56. The van der Waals surface area contributed by atoms with Crippen molar-refractivity contribution in [2.45, 2.75) is 81.8 Å². The lowest BCUT2D eigenvalue weighted by molar-refractivity contribution is 0.0143. The first-order valence-corrected chi connectivity index (χ1v) is 14.2. The predicted molar refractivity (Wildman–Crippen MR) is 150 cm³/mol. The van der Waals surface area contributed by atoms with Crippen molar-refractivity contribution in [2.24, 2.45) is 5.92 Å². The van der Waals surface area contributed by atoms with Crippen molar-refractivity contribution < 1.29 is 9.53 Å².